The zero-order valence-electron chi connectivity index (χ0n) is 17.2. The van der Waals surface area contributed by atoms with E-state index < -0.39 is 0 Å². The highest BCUT2D eigenvalue weighted by Crippen LogP contribution is 2.16. The molecule has 5 nitrogen and oxygen atoms in total. The number of guanidine groups is 1. The molecule has 1 saturated heterocycles. The van der Waals surface area contributed by atoms with Crippen LogP contribution in [0.2, 0.25) is 0 Å². The van der Waals surface area contributed by atoms with Crippen LogP contribution < -0.4 is 10.6 Å². The molecule has 2 aromatic carbocycles. The van der Waals surface area contributed by atoms with Crippen LogP contribution in [0, 0.1) is 18.3 Å². The fourth-order valence-electron chi connectivity index (χ4n) is 3.59. The lowest BCUT2D eigenvalue weighted by Crippen LogP contribution is -2.48. The number of hydrogen-bond acceptors (Lipinski definition) is 3. The normalized spacial score (nSPS) is 15.3. The Morgan fingerprint density at radius 2 is 1.93 bits per heavy atom. The molecule has 0 aromatic heterocycles. The number of nitriles is 1. The maximum absolute atomic E-state index is 9.02. The summed E-state index contributed by atoms with van der Waals surface area (Å²) in [6.07, 6.45) is 2.22. The van der Waals surface area contributed by atoms with Crippen molar-refractivity contribution in [3.05, 3.63) is 70.8 Å². The third-order valence-electron chi connectivity index (χ3n) is 5.32. The minimum absolute atomic E-state index is 0. The molecule has 0 amide bonds. The molecule has 0 radical (unpaired) electrons. The Labute approximate surface area is 191 Å². The van der Waals surface area contributed by atoms with Crippen molar-refractivity contribution >= 4 is 29.9 Å². The highest BCUT2D eigenvalue weighted by molar-refractivity contribution is 14.0. The van der Waals surface area contributed by atoms with Gasteiger partial charge >= 0.3 is 0 Å². The van der Waals surface area contributed by atoms with E-state index >= 15 is 0 Å². The quantitative estimate of drug-likeness (QED) is 0.370. The summed E-state index contributed by atoms with van der Waals surface area (Å²) in [6, 6.07) is 18.9. The standard InChI is InChI=1S/C23H29N5.HI/c1-18-6-3-4-9-21(18)17-28-12-10-22(11-13-28)27-23(25-2)26-16-20-8-5-7-19(14-20)15-24;/h3-9,14,22H,10-13,16-17H2,1-2H3,(H2,25,26,27);1H. The SMILES string of the molecule is CN=C(NCc1cccc(C#N)c1)NC1CCN(Cc2ccccc2C)CC1.I. The lowest BCUT2D eigenvalue weighted by atomic mass is 10.0. The van der Waals surface area contributed by atoms with Crippen LogP contribution in [0.25, 0.3) is 0 Å². The van der Waals surface area contributed by atoms with E-state index in [4.69, 9.17) is 5.26 Å². The van der Waals surface area contributed by atoms with E-state index in [1.807, 2.05) is 24.3 Å². The molecule has 29 heavy (non-hydrogen) atoms. The Hall–Kier alpha value is -2.11. The third-order valence-corrected chi connectivity index (χ3v) is 5.32. The topological polar surface area (TPSA) is 63.5 Å². The maximum Gasteiger partial charge on any atom is 0.191 e. The largest absolute Gasteiger partial charge is 0.354 e. The van der Waals surface area contributed by atoms with Gasteiger partial charge in [-0.2, -0.15) is 5.26 Å². The Balaban J connectivity index is 0.00000300. The first kappa shape index (κ1) is 23.2. The molecule has 6 heteroatoms. The van der Waals surface area contributed by atoms with Crippen LogP contribution in [0.15, 0.2) is 53.5 Å². The van der Waals surface area contributed by atoms with Crippen LogP contribution in [0.5, 0.6) is 0 Å². The monoisotopic (exact) mass is 503 g/mol. The number of benzene rings is 2. The number of aliphatic imine (C=N–C) groups is 1. The molecule has 154 valence electrons. The molecule has 1 aliphatic heterocycles. The summed E-state index contributed by atoms with van der Waals surface area (Å²) in [5, 5.41) is 15.9. The van der Waals surface area contributed by atoms with Gasteiger partial charge in [0.1, 0.15) is 0 Å². The average Bonchev–Trinajstić information content (AvgIpc) is 2.74. The molecule has 0 bridgehead atoms. The lowest BCUT2D eigenvalue weighted by molar-refractivity contribution is 0.198. The van der Waals surface area contributed by atoms with Crippen molar-refractivity contribution in [3.63, 3.8) is 0 Å². The second kappa shape index (κ2) is 11.8. The van der Waals surface area contributed by atoms with Crippen LogP contribution in [-0.2, 0) is 13.1 Å². The predicted octanol–water partition coefficient (Wildman–Crippen LogP) is 3.81. The number of rotatable bonds is 5. The number of hydrogen-bond donors (Lipinski definition) is 2. The summed E-state index contributed by atoms with van der Waals surface area (Å²) in [7, 11) is 1.80. The first-order chi connectivity index (χ1) is 13.7. The number of halogens is 1. The van der Waals surface area contributed by atoms with Gasteiger partial charge in [-0.25, -0.2) is 0 Å². The molecule has 3 rings (SSSR count). The van der Waals surface area contributed by atoms with E-state index in [9.17, 15) is 0 Å². The third kappa shape index (κ3) is 7.02. The molecule has 0 saturated carbocycles. The molecular weight excluding hydrogens is 473 g/mol. The van der Waals surface area contributed by atoms with E-state index in [0.29, 0.717) is 18.2 Å². The van der Waals surface area contributed by atoms with Crippen LogP contribution in [0.3, 0.4) is 0 Å². The van der Waals surface area contributed by atoms with Crippen molar-refractivity contribution in [1.29, 1.82) is 5.26 Å². The molecule has 1 aliphatic rings. The number of piperidine rings is 1. The molecule has 2 N–H and O–H groups in total. The first-order valence-electron chi connectivity index (χ1n) is 9.91. The number of nitrogens with one attached hydrogen (secondary N) is 2. The second-order valence-corrected chi connectivity index (χ2v) is 7.36. The summed E-state index contributed by atoms with van der Waals surface area (Å²) in [6.45, 7) is 6.05. The van der Waals surface area contributed by atoms with Crippen molar-refractivity contribution in [2.24, 2.45) is 4.99 Å². The highest BCUT2D eigenvalue weighted by Gasteiger charge is 2.20. The zero-order chi connectivity index (χ0) is 19.8. The molecule has 1 fully saturated rings. The smallest absolute Gasteiger partial charge is 0.191 e. The van der Waals surface area contributed by atoms with Gasteiger partial charge < -0.3 is 10.6 Å². The van der Waals surface area contributed by atoms with E-state index in [1.54, 1.807) is 7.05 Å². The summed E-state index contributed by atoms with van der Waals surface area (Å²) in [5.41, 5.74) is 4.55. The minimum Gasteiger partial charge on any atom is -0.354 e. The minimum atomic E-state index is 0. The number of likely N-dealkylation sites (tertiary alicyclic amines) is 1. The molecule has 0 atom stereocenters. The van der Waals surface area contributed by atoms with Gasteiger partial charge in [-0.15, -0.1) is 24.0 Å². The van der Waals surface area contributed by atoms with E-state index in [0.717, 1.165) is 44.0 Å². The molecule has 0 aliphatic carbocycles. The lowest BCUT2D eigenvalue weighted by Gasteiger charge is -2.33. The average molecular weight is 503 g/mol. The summed E-state index contributed by atoms with van der Waals surface area (Å²) in [5.74, 6) is 0.819. The zero-order valence-corrected chi connectivity index (χ0v) is 19.5. The fraction of sp³-hybridized carbons (Fsp3) is 0.391. The van der Waals surface area contributed by atoms with Crippen LogP contribution in [0.1, 0.15) is 35.1 Å². The van der Waals surface area contributed by atoms with Crippen molar-refractivity contribution in [2.75, 3.05) is 20.1 Å². The Morgan fingerprint density at radius 1 is 1.17 bits per heavy atom. The van der Waals surface area contributed by atoms with E-state index in [-0.39, 0.29) is 24.0 Å². The van der Waals surface area contributed by atoms with Gasteiger partial charge in [-0.1, -0.05) is 36.4 Å². The van der Waals surface area contributed by atoms with Crippen LogP contribution >= 0.6 is 24.0 Å². The van der Waals surface area contributed by atoms with Gasteiger partial charge in [0, 0.05) is 39.3 Å². The molecule has 1 heterocycles. The van der Waals surface area contributed by atoms with Crippen molar-refractivity contribution < 1.29 is 0 Å². The maximum atomic E-state index is 9.02. The van der Waals surface area contributed by atoms with Crippen molar-refractivity contribution in [2.45, 2.75) is 38.9 Å². The van der Waals surface area contributed by atoms with Crippen molar-refractivity contribution in [1.82, 2.24) is 15.5 Å². The molecule has 0 unspecified atom stereocenters. The summed E-state index contributed by atoms with van der Waals surface area (Å²) >= 11 is 0. The highest BCUT2D eigenvalue weighted by atomic mass is 127. The van der Waals surface area contributed by atoms with Crippen LogP contribution in [-0.4, -0.2) is 37.0 Å². The Bertz CT molecular complexity index is 850. The van der Waals surface area contributed by atoms with Gasteiger partial charge in [-0.3, -0.25) is 9.89 Å². The molecule has 2 aromatic rings. The Morgan fingerprint density at radius 3 is 2.62 bits per heavy atom. The van der Waals surface area contributed by atoms with Gasteiger partial charge in [0.15, 0.2) is 5.96 Å². The number of nitrogens with zero attached hydrogens (tertiary/aromatic N) is 3. The fourth-order valence-corrected chi connectivity index (χ4v) is 3.59. The van der Waals surface area contributed by atoms with Crippen molar-refractivity contribution in [3.8, 4) is 6.07 Å². The predicted molar refractivity (Wildman–Crippen MR) is 129 cm³/mol. The van der Waals surface area contributed by atoms with Gasteiger partial charge in [0.2, 0.25) is 0 Å². The van der Waals surface area contributed by atoms with Crippen LogP contribution in [0.4, 0.5) is 0 Å². The van der Waals surface area contributed by atoms with Gasteiger partial charge in [-0.05, 0) is 48.6 Å². The van der Waals surface area contributed by atoms with Gasteiger partial charge in [0.25, 0.3) is 0 Å². The van der Waals surface area contributed by atoms with E-state index in [1.165, 1.54) is 11.1 Å². The Kier molecular flexibility index (Phi) is 9.42. The molecule has 0 spiro atoms. The summed E-state index contributed by atoms with van der Waals surface area (Å²) in [4.78, 5) is 6.89. The molecular formula is C23H30IN5. The van der Waals surface area contributed by atoms with E-state index in [2.05, 4.69) is 57.8 Å². The summed E-state index contributed by atoms with van der Waals surface area (Å²) < 4.78 is 0. The second-order valence-electron chi connectivity index (χ2n) is 7.36. The van der Waals surface area contributed by atoms with Gasteiger partial charge in [0.05, 0.1) is 11.6 Å². The first-order valence-corrected chi connectivity index (χ1v) is 9.91. The number of aryl methyl sites for hydroxylation is 1.